The molecule has 0 fully saturated rings. The number of halogens is 3. The topological polar surface area (TPSA) is 109 Å². The molecule has 150 valence electrons. The Morgan fingerprint density at radius 3 is 2.43 bits per heavy atom. The second-order valence-electron chi connectivity index (χ2n) is 5.85. The number of benzene rings is 2. The van der Waals surface area contributed by atoms with Crippen LogP contribution in [0.25, 0.3) is 17.4 Å². The third kappa shape index (κ3) is 4.63. The molecule has 1 amide bonds. The van der Waals surface area contributed by atoms with Crippen molar-refractivity contribution in [3.8, 4) is 17.4 Å². The van der Waals surface area contributed by atoms with Crippen molar-refractivity contribution in [2.75, 3.05) is 5.32 Å². The Kier molecular flexibility index (Phi) is 6.43. The number of anilines is 1. The van der Waals surface area contributed by atoms with Crippen LogP contribution in [0.5, 0.6) is 0 Å². The second kappa shape index (κ2) is 9.01. The summed E-state index contributed by atoms with van der Waals surface area (Å²) in [5.74, 6) is -0.236. The van der Waals surface area contributed by atoms with Gasteiger partial charge in [0.1, 0.15) is 28.2 Å². The maximum Gasteiger partial charge on any atom is 0.288 e. The SMILES string of the molecule is N#C/C(=C\c1ccc(-c2ccc(Cl)c([N+](=O)[O-])c2)o1)C(=O)Nc1c(Cl)cccc1Cl. The molecule has 1 heterocycles. The summed E-state index contributed by atoms with van der Waals surface area (Å²) in [4.78, 5) is 22.9. The van der Waals surface area contributed by atoms with Gasteiger partial charge in [0, 0.05) is 17.7 Å². The zero-order valence-corrected chi connectivity index (χ0v) is 17.1. The van der Waals surface area contributed by atoms with Crippen molar-refractivity contribution in [1.82, 2.24) is 0 Å². The van der Waals surface area contributed by atoms with Crippen molar-refractivity contribution in [2.24, 2.45) is 0 Å². The molecule has 0 bridgehead atoms. The first-order valence-corrected chi connectivity index (χ1v) is 9.35. The number of carbonyl (C=O) groups is 1. The van der Waals surface area contributed by atoms with Crippen molar-refractivity contribution in [2.45, 2.75) is 0 Å². The average Bonchev–Trinajstić information content (AvgIpc) is 3.17. The summed E-state index contributed by atoms with van der Waals surface area (Å²) >= 11 is 17.9. The minimum Gasteiger partial charge on any atom is -0.457 e. The quantitative estimate of drug-likeness (QED) is 0.205. The van der Waals surface area contributed by atoms with Crippen molar-refractivity contribution in [3.05, 3.63) is 85.0 Å². The van der Waals surface area contributed by atoms with Crippen LogP contribution in [0.1, 0.15) is 5.76 Å². The lowest BCUT2D eigenvalue weighted by Gasteiger charge is -2.08. The lowest BCUT2D eigenvalue weighted by Crippen LogP contribution is -2.14. The van der Waals surface area contributed by atoms with Gasteiger partial charge in [0.25, 0.3) is 11.6 Å². The molecule has 30 heavy (non-hydrogen) atoms. The van der Waals surface area contributed by atoms with Gasteiger partial charge < -0.3 is 9.73 Å². The van der Waals surface area contributed by atoms with Crippen LogP contribution in [-0.2, 0) is 4.79 Å². The van der Waals surface area contributed by atoms with Crippen molar-refractivity contribution in [3.63, 3.8) is 0 Å². The van der Waals surface area contributed by atoms with Crippen LogP contribution in [0, 0.1) is 21.4 Å². The lowest BCUT2D eigenvalue weighted by atomic mass is 10.1. The predicted octanol–water partition coefficient (Wildman–Crippen LogP) is 6.36. The van der Waals surface area contributed by atoms with E-state index in [2.05, 4.69) is 5.32 Å². The van der Waals surface area contributed by atoms with Crippen molar-refractivity contribution in [1.29, 1.82) is 5.26 Å². The molecule has 0 saturated carbocycles. The fraction of sp³-hybridized carbons (Fsp3) is 0. The summed E-state index contributed by atoms with van der Waals surface area (Å²) in [6, 6.07) is 13.8. The van der Waals surface area contributed by atoms with Crippen LogP contribution in [0.4, 0.5) is 11.4 Å². The van der Waals surface area contributed by atoms with E-state index in [-0.39, 0.29) is 37.8 Å². The number of amides is 1. The Balaban J connectivity index is 1.87. The van der Waals surface area contributed by atoms with E-state index in [1.165, 1.54) is 24.3 Å². The number of rotatable bonds is 5. The third-order valence-corrected chi connectivity index (χ3v) is 4.86. The highest BCUT2D eigenvalue weighted by Gasteiger charge is 2.17. The van der Waals surface area contributed by atoms with E-state index in [1.807, 2.05) is 0 Å². The number of hydrogen-bond donors (Lipinski definition) is 1. The molecule has 1 N–H and O–H groups in total. The molecule has 0 unspecified atom stereocenters. The van der Waals surface area contributed by atoms with Gasteiger partial charge in [0.2, 0.25) is 0 Å². The minimum atomic E-state index is -0.729. The van der Waals surface area contributed by atoms with E-state index >= 15 is 0 Å². The van der Waals surface area contributed by atoms with Gasteiger partial charge in [-0.15, -0.1) is 0 Å². The van der Waals surface area contributed by atoms with Crippen LogP contribution < -0.4 is 5.32 Å². The van der Waals surface area contributed by atoms with Gasteiger partial charge in [-0.1, -0.05) is 40.9 Å². The number of furan rings is 1. The third-order valence-electron chi connectivity index (χ3n) is 3.91. The average molecular weight is 463 g/mol. The predicted molar refractivity (Wildman–Crippen MR) is 114 cm³/mol. The minimum absolute atomic E-state index is 0.00269. The summed E-state index contributed by atoms with van der Waals surface area (Å²) in [5, 5.41) is 23.3. The zero-order valence-electron chi connectivity index (χ0n) is 14.9. The Morgan fingerprint density at radius 1 is 1.10 bits per heavy atom. The normalized spacial score (nSPS) is 11.1. The molecule has 0 saturated heterocycles. The Labute approximate surface area is 185 Å². The molecule has 1 aromatic heterocycles. The molecule has 3 rings (SSSR count). The first-order valence-electron chi connectivity index (χ1n) is 8.21. The van der Waals surface area contributed by atoms with Crippen LogP contribution in [0.3, 0.4) is 0 Å². The molecule has 0 spiro atoms. The Bertz CT molecular complexity index is 1210. The second-order valence-corrected chi connectivity index (χ2v) is 7.07. The molecule has 3 aromatic rings. The highest BCUT2D eigenvalue weighted by molar-refractivity contribution is 6.40. The number of nitro benzene ring substituents is 1. The maximum atomic E-state index is 12.4. The molecule has 0 aliphatic rings. The molecule has 10 heteroatoms. The summed E-state index contributed by atoms with van der Waals surface area (Å²) in [5.41, 5.74) is 0.0718. The number of nitrogens with one attached hydrogen (secondary N) is 1. The van der Waals surface area contributed by atoms with E-state index in [0.29, 0.717) is 11.3 Å². The number of carbonyl (C=O) groups excluding carboxylic acids is 1. The molecule has 0 aliphatic heterocycles. The van der Waals surface area contributed by atoms with Gasteiger partial charge in [-0.2, -0.15) is 5.26 Å². The number of nitrogens with zero attached hydrogens (tertiary/aromatic N) is 2. The molecular formula is C20H10Cl3N3O4. The van der Waals surface area contributed by atoms with Crippen molar-refractivity contribution < 1.29 is 14.1 Å². The van der Waals surface area contributed by atoms with Gasteiger partial charge in [-0.25, -0.2) is 0 Å². The van der Waals surface area contributed by atoms with Crippen LogP contribution >= 0.6 is 34.8 Å². The van der Waals surface area contributed by atoms with Crippen molar-refractivity contribution >= 4 is 58.2 Å². The van der Waals surface area contributed by atoms with Gasteiger partial charge in [0.15, 0.2) is 0 Å². The Morgan fingerprint density at radius 2 is 1.80 bits per heavy atom. The van der Waals surface area contributed by atoms with E-state index in [0.717, 1.165) is 0 Å². The van der Waals surface area contributed by atoms with E-state index in [9.17, 15) is 20.2 Å². The van der Waals surface area contributed by atoms with Gasteiger partial charge in [-0.05, 0) is 36.4 Å². The van der Waals surface area contributed by atoms with Crippen LogP contribution in [0.2, 0.25) is 15.1 Å². The molecule has 2 aromatic carbocycles. The van der Waals surface area contributed by atoms with Crippen LogP contribution in [0.15, 0.2) is 58.5 Å². The smallest absolute Gasteiger partial charge is 0.288 e. The van der Waals surface area contributed by atoms with E-state index < -0.39 is 10.8 Å². The summed E-state index contributed by atoms with van der Waals surface area (Å²) in [7, 11) is 0. The maximum absolute atomic E-state index is 12.4. The summed E-state index contributed by atoms with van der Waals surface area (Å²) in [6.07, 6.45) is 1.23. The molecule has 0 aliphatic carbocycles. The molecule has 7 nitrogen and oxygen atoms in total. The first kappa shape index (κ1) is 21.4. The highest BCUT2D eigenvalue weighted by atomic mass is 35.5. The fourth-order valence-corrected chi connectivity index (χ4v) is 3.16. The lowest BCUT2D eigenvalue weighted by molar-refractivity contribution is -0.384. The van der Waals surface area contributed by atoms with E-state index in [4.69, 9.17) is 39.2 Å². The monoisotopic (exact) mass is 461 g/mol. The summed E-state index contributed by atoms with van der Waals surface area (Å²) < 4.78 is 5.60. The zero-order chi connectivity index (χ0) is 21.8. The highest BCUT2D eigenvalue weighted by Crippen LogP contribution is 2.32. The fourth-order valence-electron chi connectivity index (χ4n) is 2.48. The number of hydrogen-bond acceptors (Lipinski definition) is 5. The summed E-state index contributed by atoms with van der Waals surface area (Å²) in [6.45, 7) is 0. The standard InChI is InChI=1S/C20H10Cl3N3O4/c21-14-6-4-11(9-17(14)26(28)29)18-7-5-13(30-18)8-12(10-24)20(27)25-19-15(22)2-1-3-16(19)23/h1-9H,(H,25,27)/b12-8+. The first-order chi connectivity index (χ1) is 14.3. The van der Waals surface area contributed by atoms with Gasteiger partial charge >= 0.3 is 0 Å². The molecular weight excluding hydrogens is 453 g/mol. The van der Waals surface area contributed by atoms with Gasteiger partial charge in [0.05, 0.1) is 20.7 Å². The number of nitro groups is 1. The number of para-hydroxylation sites is 1. The van der Waals surface area contributed by atoms with E-state index in [1.54, 1.807) is 36.4 Å². The Hall–Kier alpha value is -3.31. The number of nitriles is 1. The van der Waals surface area contributed by atoms with Gasteiger partial charge in [-0.3, -0.25) is 14.9 Å². The van der Waals surface area contributed by atoms with Crippen LogP contribution in [-0.4, -0.2) is 10.8 Å². The molecule has 0 atom stereocenters. The molecule has 0 radical (unpaired) electrons. The largest absolute Gasteiger partial charge is 0.457 e.